The van der Waals surface area contributed by atoms with Gasteiger partial charge in [-0.1, -0.05) is 18.2 Å². The Morgan fingerprint density at radius 3 is 3.08 bits per heavy atom. The van der Waals surface area contributed by atoms with Crippen LogP contribution in [0.25, 0.3) is 0 Å². The third-order valence-electron chi connectivity index (χ3n) is 4.35. The highest BCUT2D eigenvalue weighted by atomic mass is 16.5. The zero-order chi connectivity index (χ0) is 16.7. The Bertz CT molecular complexity index is 840. The number of ether oxygens (including phenoxy) is 2. The fraction of sp³-hybridized carbons (Fsp3) is 0.353. The van der Waals surface area contributed by atoms with Crippen molar-refractivity contribution in [3.05, 3.63) is 52.5 Å². The lowest BCUT2D eigenvalue weighted by Crippen LogP contribution is -2.29. The zero-order valence-electron chi connectivity index (χ0n) is 13.6. The normalized spacial score (nSPS) is 18.8. The average molecular weight is 326 g/mol. The van der Waals surface area contributed by atoms with Gasteiger partial charge in [-0.05, 0) is 30.5 Å². The Balaban J connectivity index is 1.84. The average Bonchev–Trinajstić information content (AvgIpc) is 3.21. The minimum atomic E-state index is -0.367. The minimum Gasteiger partial charge on any atom is -0.463 e. The molecule has 1 aromatic carbocycles. The number of rotatable bonds is 3. The van der Waals surface area contributed by atoms with Gasteiger partial charge in [0.2, 0.25) is 5.95 Å². The molecule has 124 valence electrons. The van der Waals surface area contributed by atoms with Crippen molar-refractivity contribution in [2.75, 3.05) is 11.9 Å². The van der Waals surface area contributed by atoms with E-state index in [0.717, 1.165) is 16.8 Å². The van der Waals surface area contributed by atoms with Crippen molar-refractivity contribution < 1.29 is 14.3 Å². The maximum atomic E-state index is 12.6. The maximum absolute atomic E-state index is 12.6. The van der Waals surface area contributed by atoms with Gasteiger partial charge in [-0.25, -0.2) is 9.48 Å². The first-order chi connectivity index (χ1) is 11.7. The van der Waals surface area contributed by atoms with Gasteiger partial charge in [0.05, 0.1) is 25.4 Å². The van der Waals surface area contributed by atoms with E-state index in [1.54, 1.807) is 11.6 Å². The highest BCUT2D eigenvalue weighted by Crippen LogP contribution is 2.36. The summed E-state index contributed by atoms with van der Waals surface area (Å²) in [6, 6.07) is 5.78. The van der Waals surface area contributed by atoms with E-state index in [1.165, 1.54) is 11.9 Å². The van der Waals surface area contributed by atoms with E-state index in [0.29, 0.717) is 31.3 Å². The molecule has 1 atom stereocenters. The summed E-state index contributed by atoms with van der Waals surface area (Å²) in [6.45, 7) is 5.21. The lowest BCUT2D eigenvalue weighted by molar-refractivity contribution is -0.139. The summed E-state index contributed by atoms with van der Waals surface area (Å²) in [4.78, 5) is 16.8. The smallest absolute Gasteiger partial charge is 0.338 e. The van der Waals surface area contributed by atoms with Crippen LogP contribution in [0.3, 0.4) is 0 Å². The number of nitrogens with one attached hydrogen (secondary N) is 1. The molecule has 2 aliphatic rings. The largest absolute Gasteiger partial charge is 0.463 e. The Morgan fingerprint density at radius 2 is 2.25 bits per heavy atom. The molecule has 0 radical (unpaired) electrons. The van der Waals surface area contributed by atoms with Gasteiger partial charge in [0.25, 0.3) is 0 Å². The van der Waals surface area contributed by atoms with Gasteiger partial charge in [0, 0.05) is 5.70 Å². The Kier molecular flexibility index (Phi) is 3.57. The van der Waals surface area contributed by atoms with Gasteiger partial charge in [0.1, 0.15) is 12.4 Å². The van der Waals surface area contributed by atoms with Crippen LogP contribution < -0.4 is 5.32 Å². The van der Waals surface area contributed by atoms with Crippen LogP contribution in [0.2, 0.25) is 0 Å². The number of fused-ring (bicyclic) bond motifs is 2. The topological polar surface area (TPSA) is 78.3 Å². The lowest BCUT2D eigenvalue weighted by Gasteiger charge is -2.28. The molecular weight excluding hydrogens is 308 g/mol. The van der Waals surface area contributed by atoms with Crippen molar-refractivity contribution in [1.29, 1.82) is 0 Å². The molecule has 0 fully saturated rings. The molecule has 3 heterocycles. The molecule has 0 aliphatic carbocycles. The van der Waals surface area contributed by atoms with E-state index >= 15 is 0 Å². The number of allylic oxidation sites excluding steroid dienone is 1. The highest BCUT2D eigenvalue weighted by Gasteiger charge is 2.34. The Morgan fingerprint density at radius 1 is 1.42 bits per heavy atom. The molecular formula is C17H18N4O3. The van der Waals surface area contributed by atoms with Gasteiger partial charge in [0.15, 0.2) is 0 Å². The summed E-state index contributed by atoms with van der Waals surface area (Å²) < 4.78 is 12.5. The first-order valence-corrected chi connectivity index (χ1v) is 7.93. The predicted octanol–water partition coefficient (Wildman–Crippen LogP) is 2.16. The first-order valence-electron chi connectivity index (χ1n) is 7.93. The number of anilines is 1. The molecule has 4 rings (SSSR count). The summed E-state index contributed by atoms with van der Waals surface area (Å²) in [5.41, 5.74) is 4.58. The molecule has 0 amide bonds. The van der Waals surface area contributed by atoms with Crippen LogP contribution in [-0.2, 0) is 27.5 Å². The number of aromatic nitrogens is 3. The molecule has 7 nitrogen and oxygen atoms in total. The molecule has 0 spiro atoms. The third-order valence-corrected chi connectivity index (χ3v) is 4.35. The monoisotopic (exact) mass is 326 g/mol. The standard InChI is InChI=1S/C17H18N4O3/c1-3-24-16(22)14-10(2)20-17-18-9-19-21(17)15(14)11-4-5-12-7-23-8-13(12)6-11/h4-6,9,15H,3,7-8H2,1-2H3,(H,18,19,20). The van der Waals surface area contributed by atoms with Crippen molar-refractivity contribution in [3.63, 3.8) is 0 Å². The number of nitrogens with zero attached hydrogens (tertiary/aromatic N) is 3. The molecule has 1 N–H and O–H groups in total. The van der Waals surface area contributed by atoms with Crippen LogP contribution >= 0.6 is 0 Å². The van der Waals surface area contributed by atoms with Crippen LogP contribution in [0, 0.1) is 0 Å². The molecule has 2 aromatic rings. The number of hydrogen-bond acceptors (Lipinski definition) is 6. The van der Waals surface area contributed by atoms with Gasteiger partial charge in [-0.3, -0.25) is 0 Å². The molecule has 24 heavy (non-hydrogen) atoms. The SMILES string of the molecule is CCOC(=O)C1=C(C)Nc2ncnn2C1c1ccc2c(c1)COC2. The first kappa shape index (κ1) is 14.9. The molecule has 0 bridgehead atoms. The molecule has 1 aromatic heterocycles. The maximum Gasteiger partial charge on any atom is 0.338 e. The van der Waals surface area contributed by atoms with Crippen LogP contribution in [0.15, 0.2) is 35.8 Å². The number of carbonyl (C=O) groups is 1. The number of benzene rings is 1. The third kappa shape index (κ3) is 2.28. The minimum absolute atomic E-state index is 0.324. The molecule has 0 saturated heterocycles. The van der Waals surface area contributed by atoms with E-state index in [1.807, 2.05) is 13.0 Å². The molecule has 7 heteroatoms. The molecule has 0 saturated carbocycles. The van der Waals surface area contributed by atoms with Crippen molar-refractivity contribution in [1.82, 2.24) is 14.8 Å². The summed E-state index contributed by atoms with van der Waals surface area (Å²) in [5.74, 6) is 0.271. The lowest BCUT2D eigenvalue weighted by atomic mass is 9.93. The Labute approximate surface area is 139 Å². The van der Waals surface area contributed by atoms with E-state index in [4.69, 9.17) is 9.47 Å². The van der Waals surface area contributed by atoms with Crippen molar-refractivity contribution in [3.8, 4) is 0 Å². The zero-order valence-corrected chi connectivity index (χ0v) is 13.6. The van der Waals surface area contributed by atoms with E-state index in [-0.39, 0.29) is 12.0 Å². The second kappa shape index (κ2) is 5.76. The van der Waals surface area contributed by atoms with Gasteiger partial charge >= 0.3 is 5.97 Å². The summed E-state index contributed by atoms with van der Waals surface area (Å²) in [6.07, 6.45) is 1.48. The molecule has 2 aliphatic heterocycles. The van der Waals surface area contributed by atoms with Crippen LogP contribution in [-0.4, -0.2) is 27.3 Å². The van der Waals surface area contributed by atoms with Crippen molar-refractivity contribution >= 4 is 11.9 Å². The van der Waals surface area contributed by atoms with Crippen LogP contribution in [0.5, 0.6) is 0 Å². The predicted molar refractivity (Wildman–Crippen MR) is 86.1 cm³/mol. The highest BCUT2D eigenvalue weighted by molar-refractivity contribution is 5.92. The van der Waals surface area contributed by atoms with Gasteiger partial charge < -0.3 is 14.8 Å². The second-order valence-corrected chi connectivity index (χ2v) is 5.84. The fourth-order valence-electron chi connectivity index (χ4n) is 3.23. The van der Waals surface area contributed by atoms with Gasteiger partial charge in [-0.15, -0.1) is 0 Å². The van der Waals surface area contributed by atoms with E-state index in [9.17, 15) is 4.79 Å². The summed E-state index contributed by atoms with van der Waals surface area (Å²) in [5, 5.41) is 7.43. The van der Waals surface area contributed by atoms with Crippen LogP contribution in [0.4, 0.5) is 5.95 Å². The number of hydrogen-bond donors (Lipinski definition) is 1. The quantitative estimate of drug-likeness (QED) is 0.871. The molecule has 1 unspecified atom stereocenters. The fourth-order valence-corrected chi connectivity index (χ4v) is 3.23. The summed E-state index contributed by atoms with van der Waals surface area (Å²) in [7, 11) is 0. The second-order valence-electron chi connectivity index (χ2n) is 5.84. The van der Waals surface area contributed by atoms with Crippen molar-refractivity contribution in [2.45, 2.75) is 33.1 Å². The number of esters is 1. The Hall–Kier alpha value is -2.67. The van der Waals surface area contributed by atoms with Crippen molar-refractivity contribution in [2.24, 2.45) is 0 Å². The van der Waals surface area contributed by atoms with E-state index < -0.39 is 0 Å². The van der Waals surface area contributed by atoms with E-state index in [2.05, 4.69) is 27.5 Å². The number of carbonyl (C=O) groups excluding carboxylic acids is 1. The van der Waals surface area contributed by atoms with Gasteiger partial charge in [-0.2, -0.15) is 10.1 Å². The van der Waals surface area contributed by atoms with Crippen LogP contribution in [0.1, 0.15) is 36.6 Å². The summed E-state index contributed by atoms with van der Waals surface area (Å²) >= 11 is 0.